The number of hydrogen-bond donors (Lipinski definition) is 2. The lowest BCUT2D eigenvalue weighted by atomic mass is 9.84. The number of amides is 2. The maximum Gasteiger partial charge on any atom is 0.251 e. The molecule has 32 heavy (non-hydrogen) atoms. The Hall–Kier alpha value is -4.00. The average Bonchev–Trinajstić information content (AvgIpc) is 3.26. The van der Waals surface area contributed by atoms with Crippen molar-refractivity contribution in [3.63, 3.8) is 0 Å². The van der Waals surface area contributed by atoms with Crippen LogP contribution in [-0.2, 0) is 5.41 Å². The van der Waals surface area contributed by atoms with Gasteiger partial charge in [0.1, 0.15) is 11.5 Å². The quantitative estimate of drug-likeness (QED) is 0.588. The number of nitrogens with two attached hydrogens (primary N) is 1. The van der Waals surface area contributed by atoms with Gasteiger partial charge in [-0.3, -0.25) is 9.59 Å². The lowest BCUT2D eigenvalue weighted by Crippen LogP contribution is -2.36. The normalized spacial score (nSPS) is 12.3. The topological polar surface area (TPSA) is 99.9 Å². The highest BCUT2D eigenvalue weighted by Crippen LogP contribution is 2.36. The highest BCUT2D eigenvalue weighted by Gasteiger charge is 2.25. The van der Waals surface area contributed by atoms with Crippen molar-refractivity contribution in [1.29, 1.82) is 0 Å². The largest absolute Gasteiger partial charge is 0.457 e. The monoisotopic (exact) mass is 432 g/mol. The first-order valence-electron chi connectivity index (χ1n) is 10.2. The van der Waals surface area contributed by atoms with Gasteiger partial charge in [0.15, 0.2) is 11.5 Å². The van der Waals surface area contributed by atoms with Crippen molar-refractivity contribution in [1.82, 2.24) is 5.32 Å². The minimum atomic E-state index is -0.492. The van der Waals surface area contributed by atoms with E-state index < -0.39 is 5.91 Å². The molecule has 0 radical (unpaired) electrons. The first-order valence-corrected chi connectivity index (χ1v) is 10.2. The van der Waals surface area contributed by atoms with Crippen molar-refractivity contribution >= 4 is 11.8 Å². The molecule has 0 atom stereocenters. The summed E-state index contributed by atoms with van der Waals surface area (Å²) in [5, 5.41) is 3.00. The highest BCUT2D eigenvalue weighted by atomic mass is 16.7. The van der Waals surface area contributed by atoms with Gasteiger partial charge in [-0.25, -0.2) is 0 Å². The van der Waals surface area contributed by atoms with Crippen LogP contribution in [0.25, 0.3) is 0 Å². The summed E-state index contributed by atoms with van der Waals surface area (Å²) < 4.78 is 16.6. The maximum absolute atomic E-state index is 12.6. The number of hydrogen-bond acceptors (Lipinski definition) is 5. The molecule has 0 fully saturated rings. The van der Waals surface area contributed by atoms with E-state index in [2.05, 4.69) is 19.2 Å². The zero-order valence-corrected chi connectivity index (χ0v) is 17.9. The van der Waals surface area contributed by atoms with E-state index in [1.807, 2.05) is 18.2 Å². The van der Waals surface area contributed by atoms with Gasteiger partial charge in [0.25, 0.3) is 5.91 Å². The summed E-state index contributed by atoms with van der Waals surface area (Å²) in [4.78, 5) is 23.8. The summed E-state index contributed by atoms with van der Waals surface area (Å²) in [6.07, 6.45) is 0. The van der Waals surface area contributed by atoms with Crippen LogP contribution in [0.3, 0.4) is 0 Å². The van der Waals surface area contributed by atoms with E-state index in [-0.39, 0.29) is 18.1 Å². The number of carbonyl (C=O) groups excluding carboxylic acids is 2. The molecular formula is C25H24N2O5. The van der Waals surface area contributed by atoms with E-state index in [1.54, 1.807) is 48.5 Å². The van der Waals surface area contributed by atoms with E-state index in [4.69, 9.17) is 19.9 Å². The molecule has 0 bridgehead atoms. The molecule has 0 aliphatic carbocycles. The zero-order chi connectivity index (χ0) is 22.7. The molecule has 1 aliphatic rings. The number of fused-ring (bicyclic) bond motifs is 1. The van der Waals surface area contributed by atoms with Gasteiger partial charge in [-0.05, 0) is 66.2 Å². The first-order chi connectivity index (χ1) is 15.3. The van der Waals surface area contributed by atoms with Crippen LogP contribution in [0.5, 0.6) is 23.0 Å². The highest BCUT2D eigenvalue weighted by molar-refractivity contribution is 5.94. The van der Waals surface area contributed by atoms with Crippen LogP contribution in [0.2, 0.25) is 0 Å². The number of carbonyl (C=O) groups is 2. The number of nitrogens with one attached hydrogen (secondary N) is 1. The van der Waals surface area contributed by atoms with Crippen molar-refractivity contribution in [2.24, 2.45) is 5.73 Å². The van der Waals surface area contributed by atoms with Crippen LogP contribution in [0.15, 0.2) is 66.7 Å². The van der Waals surface area contributed by atoms with Crippen LogP contribution in [0, 0.1) is 0 Å². The molecule has 1 aliphatic heterocycles. The predicted molar refractivity (Wildman–Crippen MR) is 119 cm³/mol. The molecule has 0 unspecified atom stereocenters. The summed E-state index contributed by atoms with van der Waals surface area (Å²) >= 11 is 0. The standard InChI is InChI=1S/C25H24N2O5/c1-25(2,18-7-12-21-22(13-18)31-15-30-21)14-27-24(29)17-5-10-20(11-6-17)32-19-8-3-16(4-9-19)23(26)28/h3-13H,14-15H2,1-2H3,(H2,26,28)(H,27,29). The molecule has 7 nitrogen and oxygen atoms in total. The maximum atomic E-state index is 12.6. The van der Waals surface area contributed by atoms with Gasteiger partial charge >= 0.3 is 0 Å². The smallest absolute Gasteiger partial charge is 0.251 e. The Morgan fingerprint density at radius 2 is 1.50 bits per heavy atom. The van der Waals surface area contributed by atoms with Gasteiger partial charge in [0, 0.05) is 23.1 Å². The second kappa shape index (κ2) is 8.63. The van der Waals surface area contributed by atoms with Gasteiger partial charge in [-0.15, -0.1) is 0 Å². The van der Waals surface area contributed by atoms with Crippen LogP contribution in [0.4, 0.5) is 0 Å². The third-order valence-corrected chi connectivity index (χ3v) is 5.34. The summed E-state index contributed by atoms with van der Waals surface area (Å²) in [6.45, 7) is 4.81. The molecule has 4 rings (SSSR count). The molecule has 7 heteroatoms. The van der Waals surface area contributed by atoms with Crippen molar-refractivity contribution in [2.75, 3.05) is 13.3 Å². The first kappa shape index (κ1) is 21.2. The molecule has 0 aromatic heterocycles. The summed E-state index contributed by atoms with van der Waals surface area (Å²) in [5.74, 6) is 1.94. The Kier molecular flexibility index (Phi) is 5.73. The molecule has 0 saturated carbocycles. The lowest BCUT2D eigenvalue weighted by Gasteiger charge is -2.26. The minimum absolute atomic E-state index is 0.170. The molecule has 3 aromatic rings. The van der Waals surface area contributed by atoms with E-state index >= 15 is 0 Å². The van der Waals surface area contributed by atoms with Gasteiger partial charge in [0.2, 0.25) is 12.7 Å². The molecular weight excluding hydrogens is 408 g/mol. The number of ether oxygens (including phenoxy) is 3. The Morgan fingerprint density at radius 1 is 0.906 bits per heavy atom. The number of rotatable bonds is 7. The summed E-state index contributed by atoms with van der Waals surface area (Å²) in [6, 6.07) is 19.2. The molecule has 0 saturated heterocycles. The Bertz CT molecular complexity index is 1140. The van der Waals surface area contributed by atoms with Crippen molar-refractivity contribution < 1.29 is 23.8 Å². The number of benzene rings is 3. The fourth-order valence-electron chi connectivity index (χ4n) is 3.32. The third kappa shape index (κ3) is 4.67. The van der Waals surface area contributed by atoms with Crippen molar-refractivity contribution in [3.05, 3.63) is 83.4 Å². The van der Waals surface area contributed by atoms with E-state index in [0.29, 0.717) is 29.2 Å². The van der Waals surface area contributed by atoms with E-state index in [1.165, 1.54) is 0 Å². The van der Waals surface area contributed by atoms with Gasteiger partial charge in [0.05, 0.1) is 0 Å². The summed E-state index contributed by atoms with van der Waals surface area (Å²) in [7, 11) is 0. The van der Waals surface area contributed by atoms with Gasteiger partial charge in [-0.1, -0.05) is 19.9 Å². The second-order valence-corrected chi connectivity index (χ2v) is 8.15. The van der Waals surface area contributed by atoms with Crippen molar-refractivity contribution in [2.45, 2.75) is 19.3 Å². The van der Waals surface area contributed by atoms with Crippen LogP contribution >= 0.6 is 0 Å². The molecule has 1 heterocycles. The molecule has 3 aromatic carbocycles. The fourth-order valence-corrected chi connectivity index (χ4v) is 3.32. The third-order valence-electron chi connectivity index (χ3n) is 5.34. The molecule has 0 spiro atoms. The lowest BCUT2D eigenvalue weighted by molar-refractivity contribution is 0.0944. The molecule has 3 N–H and O–H groups in total. The second-order valence-electron chi connectivity index (χ2n) is 8.15. The van der Waals surface area contributed by atoms with Gasteiger partial charge in [-0.2, -0.15) is 0 Å². The molecule has 164 valence electrons. The Labute approximate surface area is 186 Å². The summed E-state index contributed by atoms with van der Waals surface area (Å²) in [5.41, 5.74) is 6.93. The van der Waals surface area contributed by atoms with Gasteiger partial charge < -0.3 is 25.3 Å². The predicted octanol–water partition coefficient (Wildman–Crippen LogP) is 4.01. The SMILES string of the molecule is CC(C)(CNC(=O)c1ccc(Oc2ccc(C(N)=O)cc2)cc1)c1ccc2c(c1)OCO2. The Balaban J connectivity index is 1.35. The van der Waals surface area contributed by atoms with Crippen molar-refractivity contribution in [3.8, 4) is 23.0 Å². The molecule has 2 amide bonds. The average molecular weight is 432 g/mol. The minimum Gasteiger partial charge on any atom is -0.457 e. The fraction of sp³-hybridized carbons (Fsp3) is 0.200. The van der Waals surface area contributed by atoms with Crippen LogP contribution in [-0.4, -0.2) is 25.2 Å². The zero-order valence-electron chi connectivity index (χ0n) is 17.9. The van der Waals surface area contributed by atoms with Crippen LogP contribution in [0.1, 0.15) is 40.1 Å². The van der Waals surface area contributed by atoms with Crippen LogP contribution < -0.4 is 25.3 Å². The number of primary amides is 1. The Morgan fingerprint density at radius 3 is 2.12 bits per heavy atom. The van der Waals surface area contributed by atoms with E-state index in [0.717, 1.165) is 17.1 Å². The van der Waals surface area contributed by atoms with E-state index in [9.17, 15) is 9.59 Å².